The Labute approximate surface area is 77.0 Å². The molecule has 1 N–H and O–H groups in total. The molecule has 0 bridgehead atoms. The van der Waals surface area contributed by atoms with Crippen LogP contribution in [0.5, 0.6) is 0 Å². The topological polar surface area (TPSA) is 46.5 Å². The number of hydrogen-bond acceptors (Lipinski definition) is 3. The van der Waals surface area contributed by atoms with Crippen LogP contribution >= 0.6 is 11.6 Å². The zero-order valence-corrected chi connectivity index (χ0v) is 8.02. The van der Waals surface area contributed by atoms with E-state index in [0.717, 1.165) is 0 Å². The highest BCUT2D eigenvalue weighted by molar-refractivity contribution is 6.23. The lowest BCUT2D eigenvalue weighted by Crippen LogP contribution is -2.32. The molecule has 0 saturated heterocycles. The zero-order chi connectivity index (χ0) is 9.78. The van der Waals surface area contributed by atoms with E-state index in [1.807, 2.05) is 0 Å². The van der Waals surface area contributed by atoms with Gasteiger partial charge in [0.2, 0.25) is 5.06 Å². The van der Waals surface area contributed by atoms with E-state index in [1.165, 1.54) is 6.92 Å². The number of rotatable bonds is 4. The lowest BCUT2D eigenvalue weighted by molar-refractivity contribution is -0.150. The van der Waals surface area contributed by atoms with E-state index in [0.29, 0.717) is 6.42 Å². The van der Waals surface area contributed by atoms with Gasteiger partial charge in [0.1, 0.15) is 0 Å². The Morgan fingerprint density at radius 2 is 2.25 bits per heavy atom. The predicted octanol–water partition coefficient (Wildman–Crippen LogP) is 1.44. The average molecular weight is 193 g/mol. The standard InChI is InChI=1S/C8H13ClO3/c1-4-8(9,5-10)12-7(11)6(2)3/h10H,2,4-5H2,1,3H3. The van der Waals surface area contributed by atoms with Gasteiger partial charge in [-0.25, -0.2) is 4.79 Å². The Morgan fingerprint density at radius 1 is 1.75 bits per heavy atom. The van der Waals surface area contributed by atoms with Gasteiger partial charge in [0, 0.05) is 12.0 Å². The molecule has 0 aliphatic carbocycles. The van der Waals surface area contributed by atoms with Crippen molar-refractivity contribution >= 4 is 17.6 Å². The quantitative estimate of drug-likeness (QED) is 0.417. The van der Waals surface area contributed by atoms with Crippen molar-refractivity contribution in [1.82, 2.24) is 0 Å². The molecule has 0 aromatic heterocycles. The summed E-state index contributed by atoms with van der Waals surface area (Å²) in [4.78, 5) is 11.0. The van der Waals surface area contributed by atoms with Crippen molar-refractivity contribution in [2.24, 2.45) is 0 Å². The van der Waals surface area contributed by atoms with Gasteiger partial charge in [-0.2, -0.15) is 0 Å². The SMILES string of the molecule is C=C(C)C(=O)OC(Cl)(CC)CO. The maximum Gasteiger partial charge on any atom is 0.334 e. The van der Waals surface area contributed by atoms with Crippen LogP contribution in [0.15, 0.2) is 12.2 Å². The molecular formula is C8H13ClO3. The molecule has 0 aliphatic heterocycles. The third-order valence-corrected chi connectivity index (χ3v) is 1.85. The van der Waals surface area contributed by atoms with Gasteiger partial charge in [-0.3, -0.25) is 0 Å². The Balaban J connectivity index is 4.21. The minimum Gasteiger partial charge on any atom is -0.437 e. The number of aliphatic hydroxyl groups excluding tert-OH is 1. The normalized spacial score (nSPS) is 15.0. The average Bonchev–Trinajstić information content (AvgIpc) is 2.04. The number of aliphatic hydroxyl groups is 1. The molecule has 0 saturated carbocycles. The van der Waals surface area contributed by atoms with Crippen LogP contribution in [0.3, 0.4) is 0 Å². The Bertz CT molecular complexity index is 185. The number of hydrogen-bond donors (Lipinski definition) is 1. The van der Waals surface area contributed by atoms with Crippen LogP contribution in [0.25, 0.3) is 0 Å². The van der Waals surface area contributed by atoms with Crippen molar-refractivity contribution in [1.29, 1.82) is 0 Å². The molecular weight excluding hydrogens is 180 g/mol. The monoisotopic (exact) mass is 192 g/mol. The van der Waals surface area contributed by atoms with E-state index in [2.05, 4.69) is 6.58 Å². The molecule has 0 aliphatic rings. The maximum atomic E-state index is 11.0. The highest BCUT2D eigenvalue weighted by atomic mass is 35.5. The van der Waals surface area contributed by atoms with Gasteiger partial charge >= 0.3 is 5.97 Å². The van der Waals surface area contributed by atoms with Crippen molar-refractivity contribution in [2.45, 2.75) is 25.3 Å². The van der Waals surface area contributed by atoms with E-state index < -0.39 is 17.6 Å². The molecule has 0 fully saturated rings. The Kier molecular flexibility index (Phi) is 4.28. The van der Waals surface area contributed by atoms with Crippen molar-refractivity contribution in [3.63, 3.8) is 0 Å². The molecule has 0 aromatic carbocycles. The lowest BCUT2D eigenvalue weighted by Gasteiger charge is -2.22. The van der Waals surface area contributed by atoms with Crippen LogP contribution in [-0.2, 0) is 9.53 Å². The van der Waals surface area contributed by atoms with Gasteiger partial charge in [-0.1, -0.05) is 25.1 Å². The van der Waals surface area contributed by atoms with Gasteiger partial charge in [0.25, 0.3) is 0 Å². The van der Waals surface area contributed by atoms with Crippen LogP contribution in [-0.4, -0.2) is 22.7 Å². The van der Waals surface area contributed by atoms with Gasteiger partial charge in [-0.05, 0) is 6.92 Å². The second kappa shape index (κ2) is 4.48. The van der Waals surface area contributed by atoms with Gasteiger partial charge in [0.05, 0.1) is 6.61 Å². The predicted molar refractivity (Wildman–Crippen MR) is 46.9 cm³/mol. The van der Waals surface area contributed by atoms with Crippen molar-refractivity contribution < 1.29 is 14.6 Å². The highest BCUT2D eigenvalue weighted by Gasteiger charge is 2.28. The van der Waals surface area contributed by atoms with E-state index in [1.54, 1.807) is 6.92 Å². The molecule has 0 spiro atoms. The minimum atomic E-state index is -1.30. The number of ether oxygens (including phenoxy) is 1. The highest BCUT2D eigenvalue weighted by Crippen LogP contribution is 2.21. The summed E-state index contributed by atoms with van der Waals surface area (Å²) >= 11 is 5.71. The van der Waals surface area contributed by atoms with Crippen molar-refractivity contribution in [3.05, 3.63) is 12.2 Å². The van der Waals surface area contributed by atoms with Crippen LogP contribution in [0.4, 0.5) is 0 Å². The summed E-state index contributed by atoms with van der Waals surface area (Å²) in [6, 6.07) is 0. The van der Waals surface area contributed by atoms with Crippen LogP contribution in [0, 0.1) is 0 Å². The van der Waals surface area contributed by atoms with Gasteiger partial charge in [0.15, 0.2) is 0 Å². The molecule has 1 unspecified atom stereocenters. The molecule has 70 valence electrons. The smallest absolute Gasteiger partial charge is 0.334 e. The molecule has 0 aromatic rings. The molecule has 1 atom stereocenters. The first kappa shape index (κ1) is 11.5. The fourth-order valence-corrected chi connectivity index (χ4v) is 0.540. The second-order valence-corrected chi connectivity index (χ2v) is 3.25. The number of alkyl halides is 1. The number of carbonyl (C=O) groups is 1. The third kappa shape index (κ3) is 3.24. The summed E-state index contributed by atoms with van der Waals surface area (Å²) < 4.78 is 4.77. The molecule has 0 amide bonds. The first-order chi connectivity index (χ1) is 5.45. The minimum absolute atomic E-state index is 0.266. The van der Waals surface area contributed by atoms with Crippen molar-refractivity contribution in [3.8, 4) is 0 Å². The first-order valence-electron chi connectivity index (χ1n) is 3.64. The summed E-state index contributed by atoms with van der Waals surface area (Å²) in [6.45, 7) is 6.23. The fraction of sp³-hybridized carbons (Fsp3) is 0.625. The summed E-state index contributed by atoms with van der Waals surface area (Å²) in [5.74, 6) is -0.582. The Morgan fingerprint density at radius 3 is 2.50 bits per heavy atom. The number of esters is 1. The summed E-state index contributed by atoms with van der Waals surface area (Å²) in [5, 5.41) is 7.48. The third-order valence-electron chi connectivity index (χ3n) is 1.39. The maximum absolute atomic E-state index is 11.0. The van der Waals surface area contributed by atoms with Crippen LogP contribution in [0.2, 0.25) is 0 Å². The summed E-state index contributed by atoms with van der Waals surface area (Å²) in [7, 11) is 0. The van der Waals surface area contributed by atoms with Gasteiger partial charge < -0.3 is 9.84 Å². The van der Waals surface area contributed by atoms with E-state index >= 15 is 0 Å². The molecule has 0 radical (unpaired) electrons. The Hall–Kier alpha value is -0.540. The van der Waals surface area contributed by atoms with E-state index in [-0.39, 0.29) is 5.57 Å². The van der Waals surface area contributed by atoms with Crippen molar-refractivity contribution in [2.75, 3.05) is 6.61 Å². The molecule has 4 heteroatoms. The first-order valence-corrected chi connectivity index (χ1v) is 4.01. The zero-order valence-electron chi connectivity index (χ0n) is 7.26. The van der Waals surface area contributed by atoms with E-state index in [4.69, 9.17) is 21.4 Å². The fourth-order valence-electron chi connectivity index (χ4n) is 0.469. The summed E-state index contributed by atoms with van der Waals surface area (Å²) in [5.41, 5.74) is 0.266. The van der Waals surface area contributed by atoms with E-state index in [9.17, 15) is 4.79 Å². The molecule has 0 rings (SSSR count). The van der Waals surface area contributed by atoms with Gasteiger partial charge in [-0.15, -0.1) is 0 Å². The number of halogens is 1. The molecule has 12 heavy (non-hydrogen) atoms. The lowest BCUT2D eigenvalue weighted by atomic mass is 10.3. The van der Waals surface area contributed by atoms with Crippen LogP contribution < -0.4 is 0 Å². The number of carbonyl (C=O) groups excluding carboxylic acids is 1. The molecule has 3 nitrogen and oxygen atoms in total. The summed E-state index contributed by atoms with van der Waals surface area (Å²) in [6.07, 6.45) is 0.351. The molecule has 0 heterocycles. The largest absolute Gasteiger partial charge is 0.437 e. The second-order valence-electron chi connectivity index (χ2n) is 2.56. The van der Waals surface area contributed by atoms with Crippen LogP contribution in [0.1, 0.15) is 20.3 Å².